The van der Waals surface area contributed by atoms with E-state index in [0.717, 1.165) is 6.61 Å². The first-order valence-corrected chi connectivity index (χ1v) is 6.16. The largest absolute Gasteiger partial charge is 0.377 e. The van der Waals surface area contributed by atoms with Gasteiger partial charge in [0.05, 0.1) is 6.10 Å². The lowest BCUT2D eigenvalue weighted by Crippen LogP contribution is -2.41. The van der Waals surface area contributed by atoms with E-state index in [1.165, 1.54) is 18.4 Å². The molecule has 1 aromatic carbocycles. The van der Waals surface area contributed by atoms with Crippen LogP contribution < -0.4 is 5.32 Å². The molecule has 1 fully saturated rings. The normalized spacial score (nSPS) is 24.2. The molecule has 2 nitrogen and oxygen atoms in total. The highest BCUT2D eigenvalue weighted by Crippen LogP contribution is 2.26. The van der Waals surface area contributed by atoms with Crippen molar-refractivity contribution in [3.8, 4) is 0 Å². The van der Waals surface area contributed by atoms with Crippen molar-refractivity contribution in [2.45, 2.75) is 37.8 Å². The zero-order valence-corrected chi connectivity index (χ0v) is 10.1. The highest BCUT2D eigenvalue weighted by atomic mass is 16.5. The molecule has 0 bridgehead atoms. The van der Waals surface area contributed by atoms with Crippen LogP contribution in [0.2, 0.25) is 0 Å². The Morgan fingerprint density at radius 3 is 2.62 bits per heavy atom. The molecular weight excluding hydrogens is 198 g/mol. The molecule has 1 heterocycles. The lowest BCUT2D eigenvalue weighted by atomic mass is 9.89. The smallest absolute Gasteiger partial charge is 0.0734 e. The van der Waals surface area contributed by atoms with Crippen molar-refractivity contribution in [2.24, 2.45) is 0 Å². The van der Waals surface area contributed by atoms with Gasteiger partial charge in [0.1, 0.15) is 0 Å². The molecule has 0 amide bonds. The zero-order valence-electron chi connectivity index (χ0n) is 10.1. The maximum Gasteiger partial charge on any atom is 0.0734 e. The van der Waals surface area contributed by atoms with Crippen LogP contribution in [0, 0.1) is 0 Å². The predicted octanol–water partition coefficient (Wildman–Crippen LogP) is 2.56. The number of ether oxygens (including phenoxy) is 1. The number of rotatable bonds is 4. The van der Waals surface area contributed by atoms with Crippen molar-refractivity contribution in [1.82, 2.24) is 5.32 Å². The number of benzene rings is 1. The summed E-state index contributed by atoms with van der Waals surface area (Å²) in [6, 6.07) is 11.1. The molecule has 0 spiro atoms. The molecule has 0 aliphatic carbocycles. The van der Waals surface area contributed by atoms with E-state index in [1.54, 1.807) is 0 Å². The number of nitrogens with one attached hydrogen (secondary N) is 1. The van der Waals surface area contributed by atoms with Crippen LogP contribution in [0.3, 0.4) is 0 Å². The number of likely N-dealkylation sites (N-methyl/N-ethyl adjacent to an activating group) is 1. The van der Waals surface area contributed by atoms with Gasteiger partial charge >= 0.3 is 0 Å². The van der Waals surface area contributed by atoms with Gasteiger partial charge in [-0.15, -0.1) is 0 Å². The van der Waals surface area contributed by atoms with Crippen LogP contribution in [0.25, 0.3) is 0 Å². The summed E-state index contributed by atoms with van der Waals surface area (Å²) >= 11 is 0. The lowest BCUT2D eigenvalue weighted by molar-refractivity contribution is 0.0737. The van der Waals surface area contributed by atoms with Gasteiger partial charge in [0.25, 0.3) is 0 Å². The summed E-state index contributed by atoms with van der Waals surface area (Å²) in [6.07, 6.45) is 2.76. The average Bonchev–Trinajstić information content (AvgIpc) is 2.85. The van der Waals surface area contributed by atoms with Crippen LogP contribution in [-0.2, 0) is 4.74 Å². The standard InChI is InChI=1S/C14H21NO/c1-11(12-7-4-3-5-8-12)14(15-2)13-9-6-10-16-13/h3-5,7-8,11,13-15H,6,9-10H2,1-2H3/t11-,13+,14-/m0/s1. The van der Waals surface area contributed by atoms with Crippen molar-refractivity contribution >= 4 is 0 Å². The SMILES string of the molecule is CN[C@H]([C@H]1CCCO1)[C@@H](C)c1ccccc1. The second-order valence-corrected chi connectivity index (χ2v) is 4.57. The molecule has 0 radical (unpaired) electrons. The van der Waals surface area contributed by atoms with E-state index in [1.807, 2.05) is 7.05 Å². The van der Waals surface area contributed by atoms with Gasteiger partial charge < -0.3 is 10.1 Å². The highest BCUT2D eigenvalue weighted by molar-refractivity contribution is 5.21. The molecule has 16 heavy (non-hydrogen) atoms. The summed E-state index contributed by atoms with van der Waals surface area (Å²) in [7, 11) is 2.03. The van der Waals surface area contributed by atoms with Gasteiger partial charge in [-0.1, -0.05) is 37.3 Å². The van der Waals surface area contributed by atoms with Crippen LogP contribution in [0.15, 0.2) is 30.3 Å². The third-order valence-electron chi connectivity index (χ3n) is 3.56. The summed E-state index contributed by atoms with van der Waals surface area (Å²) < 4.78 is 5.79. The first kappa shape index (κ1) is 11.6. The topological polar surface area (TPSA) is 21.3 Å². The average molecular weight is 219 g/mol. The van der Waals surface area contributed by atoms with E-state index in [2.05, 4.69) is 42.6 Å². The van der Waals surface area contributed by atoms with E-state index in [-0.39, 0.29) is 0 Å². The fourth-order valence-corrected chi connectivity index (χ4v) is 2.61. The molecule has 1 aliphatic heterocycles. The van der Waals surface area contributed by atoms with Crippen molar-refractivity contribution in [3.63, 3.8) is 0 Å². The Morgan fingerprint density at radius 1 is 1.31 bits per heavy atom. The van der Waals surface area contributed by atoms with Crippen molar-refractivity contribution in [3.05, 3.63) is 35.9 Å². The highest BCUT2D eigenvalue weighted by Gasteiger charge is 2.29. The maximum atomic E-state index is 5.79. The number of hydrogen-bond acceptors (Lipinski definition) is 2. The first-order valence-electron chi connectivity index (χ1n) is 6.16. The third-order valence-corrected chi connectivity index (χ3v) is 3.56. The van der Waals surface area contributed by atoms with Crippen molar-refractivity contribution in [1.29, 1.82) is 0 Å². The molecule has 0 saturated carbocycles. The van der Waals surface area contributed by atoms with Gasteiger partial charge in [-0.3, -0.25) is 0 Å². The molecule has 1 N–H and O–H groups in total. The first-order chi connectivity index (χ1) is 7.83. The summed E-state index contributed by atoms with van der Waals surface area (Å²) in [5.74, 6) is 0.495. The van der Waals surface area contributed by atoms with Gasteiger partial charge in [-0.2, -0.15) is 0 Å². The van der Waals surface area contributed by atoms with E-state index in [0.29, 0.717) is 18.1 Å². The molecule has 2 heteroatoms. The Labute approximate surface area is 98.0 Å². The van der Waals surface area contributed by atoms with Crippen LogP contribution in [-0.4, -0.2) is 25.8 Å². The molecule has 0 unspecified atom stereocenters. The molecule has 88 valence electrons. The lowest BCUT2D eigenvalue weighted by Gasteiger charge is -2.28. The third kappa shape index (κ3) is 2.45. The van der Waals surface area contributed by atoms with E-state index < -0.39 is 0 Å². The Hall–Kier alpha value is -0.860. The summed E-state index contributed by atoms with van der Waals surface area (Å²) in [6.45, 7) is 3.20. The zero-order chi connectivity index (χ0) is 11.4. The molecule has 3 atom stereocenters. The van der Waals surface area contributed by atoms with E-state index in [9.17, 15) is 0 Å². The van der Waals surface area contributed by atoms with Crippen LogP contribution in [0.5, 0.6) is 0 Å². The summed E-state index contributed by atoms with van der Waals surface area (Å²) in [5, 5.41) is 3.42. The van der Waals surface area contributed by atoms with Crippen LogP contribution >= 0.6 is 0 Å². The van der Waals surface area contributed by atoms with Crippen molar-refractivity contribution < 1.29 is 4.74 Å². The number of hydrogen-bond donors (Lipinski definition) is 1. The Balaban J connectivity index is 2.08. The minimum atomic E-state index is 0.375. The van der Waals surface area contributed by atoms with E-state index in [4.69, 9.17) is 4.74 Å². The van der Waals surface area contributed by atoms with Crippen LogP contribution in [0.4, 0.5) is 0 Å². The molecule has 1 aliphatic rings. The minimum absolute atomic E-state index is 0.375. The fourth-order valence-electron chi connectivity index (χ4n) is 2.61. The van der Waals surface area contributed by atoms with Crippen LogP contribution in [0.1, 0.15) is 31.2 Å². The molecule has 0 aromatic heterocycles. The molecule has 1 saturated heterocycles. The van der Waals surface area contributed by atoms with Gasteiger partial charge in [0, 0.05) is 12.6 Å². The minimum Gasteiger partial charge on any atom is -0.377 e. The van der Waals surface area contributed by atoms with Gasteiger partial charge in [-0.05, 0) is 31.4 Å². The Morgan fingerprint density at radius 2 is 2.06 bits per heavy atom. The predicted molar refractivity (Wildman–Crippen MR) is 66.7 cm³/mol. The molecular formula is C14H21NO. The quantitative estimate of drug-likeness (QED) is 0.840. The summed E-state index contributed by atoms with van der Waals surface area (Å²) in [5.41, 5.74) is 1.39. The molecule has 1 aromatic rings. The van der Waals surface area contributed by atoms with Gasteiger partial charge in [-0.25, -0.2) is 0 Å². The van der Waals surface area contributed by atoms with Crippen molar-refractivity contribution in [2.75, 3.05) is 13.7 Å². The maximum absolute atomic E-state index is 5.79. The summed E-state index contributed by atoms with van der Waals surface area (Å²) in [4.78, 5) is 0. The fraction of sp³-hybridized carbons (Fsp3) is 0.571. The van der Waals surface area contributed by atoms with Gasteiger partial charge in [0.15, 0.2) is 0 Å². The Bertz CT molecular complexity index is 306. The Kier molecular flexibility index (Phi) is 3.97. The second kappa shape index (κ2) is 5.46. The molecule has 2 rings (SSSR count). The monoisotopic (exact) mass is 219 g/mol. The van der Waals surface area contributed by atoms with Gasteiger partial charge in [0.2, 0.25) is 0 Å². The second-order valence-electron chi connectivity index (χ2n) is 4.57. The van der Waals surface area contributed by atoms with E-state index >= 15 is 0 Å².